The molecule has 0 radical (unpaired) electrons. The summed E-state index contributed by atoms with van der Waals surface area (Å²) in [5.74, 6) is 0.863. The van der Waals surface area contributed by atoms with Crippen LogP contribution >= 0.6 is 0 Å². The molecule has 18 heavy (non-hydrogen) atoms. The van der Waals surface area contributed by atoms with Crippen LogP contribution in [0.15, 0.2) is 24.3 Å². The van der Waals surface area contributed by atoms with Gasteiger partial charge in [-0.05, 0) is 45.4 Å². The highest BCUT2D eigenvalue weighted by Gasteiger charge is 2.07. The van der Waals surface area contributed by atoms with Crippen LogP contribution in [-0.4, -0.2) is 30.6 Å². The van der Waals surface area contributed by atoms with Crippen molar-refractivity contribution in [1.82, 2.24) is 4.90 Å². The molecule has 1 aromatic rings. The van der Waals surface area contributed by atoms with Gasteiger partial charge in [0.05, 0.1) is 6.61 Å². The topological polar surface area (TPSA) is 38.5 Å². The van der Waals surface area contributed by atoms with E-state index in [1.807, 2.05) is 24.3 Å². The van der Waals surface area contributed by atoms with E-state index in [1.54, 1.807) is 0 Å². The second-order valence-corrected chi connectivity index (χ2v) is 4.90. The zero-order valence-electron chi connectivity index (χ0n) is 11.9. The van der Waals surface area contributed by atoms with Crippen molar-refractivity contribution in [2.24, 2.45) is 0 Å². The molecule has 0 atom stereocenters. The predicted molar refractivity (Wildman–Crippen MR) is 78.0 cm³/mol. The second kappa shape index (κ2) is 7.98. The van der Waals surface area contributed by atoms with Crippen LogP contribution in [0, 0.1) is 0 Å². The summed E-state index contributed by atoms with van der Waals surface area (Å²) in [5.41, 5.74) is 6.45. The van der Waals surface area contributed by atoms with E-state index in [0.29, 0.717) is 6.04 Å². The molecule has 0 fully saturated rings. The SMILES string of the molecule is CCCN(CCCOc1cccc(N)c1)C(C)C. The van der Waals surface area contributed by atoms with E-state index < -0.39 is 0 Å². The molecule has 0 aliphatic heterocycles. The van der Waals surface area contributed by atoms with E-state index in [-0.39, 0.29) is 0 Å². The first-order valence-corrected chi connectivity index (χ1v) is 6.86. The minimum Gasteiger partial charge on any atom is -0.493 e. The van der Waals surface area contributed by atoms with E-state index in [9.17, 15) is 0 Å². The van der Waals surface area contributed by atoms with Crippen LogP contribution in [0.1, 0.15) is 33.6 Å². The van der Waals surface area contributed by atoms with E-state index in [4.69, 9.17) is 10.5 Å². The largest absolute Gasteiger partial charge is 0.493 e. The van der Waals surface area contributed by atoms with E-state index >= 15 is 0 Å². The van der Waals surface area contributed by atoms with Crippen molar-refractivity contribution in [2.45, 2.75) is 39.7 Å². The first kappa shape index (κ1) is 14.8. The van der Waals surface area contributed by atoms with Crippen molar-refractivity contribution in [3.05, 3.63) is 24.3 Å². The molecule has 0 aliphatic rings. The summed E-state index contributed by atoms with van der Waals surface area (Å²) < 4.78 is 5.69. The number of nitrogen functional groups attached to an aromatic ring is 1. The van der Waals surface area contributed by atoms with Gasteiger partial charge in [0.25, 0.3) is 0 Å². The van der Waals surface area contributed by atoms with Crippen molar-refractivity contribution in [1.29, 1.82) is 0 Å². The fraction of sp³-hybridized carbons (Fsp3) is 0.600. The van der Waals surface area contributed by atoms with Gasteiger partial charge in [0, 0.05) is 24.3 Å². The molecular formula is C15H26N2O. The first-order valence-electron chi connectivity index (χ1n) is 6.86. The highest BCUT2D eigenvalue weighted by atomic mass is 16.5. The molecule has 0 aromatic heterocycles. The molecule has 0 bridgehead atoms. The van der Waals surface area contributed by atoms with Gasteiger partial charge in [-0.2, -0.15) is 0 Å². The van der Waals surface area contributed by atoms with Crippen molar-refractivity contribution < 1.29 is 4.74 Å². The third-order valence-electron chi connectivity index (χ3n) is 2.96. The van der Waals surface area contributed by atoms with Crippen molar-refractivity contribution in [3.63, 3.8) is 0 Å². The van der Waals surface area contributed by atoms with Gasteiger partial charge in [0.1, 0.15) is 5.75 Å². The monoisotopic (exact) mass is 250 g/mol. The lowest BCUT2D eigenvalue weighted by Gasteiger charge is -2.25. The zero-order chi connectivity index (χ0) is 13.4. The summed E-state index contributed by atoms with van der Waals surface area (Å²) in [4.78, 5) is 2.49. The fourth-order valence-electron chi connectivity index (χ4n) is 1.98. The lowest BCUT2D eigenvalue weighted by Crippen LogP contribution is -2.33. The van der Waals surface area contributed by atoms with Crippen LogP contribution in [0.3, 0.4) is 0 Å². The summed E-state index contributed by atoms with van der Waals surface area (Å²) >= 11 is 0. The molecule has 1 aromatic carbocycles. The van der Waals surface area contributed by atoms with Crippen LogP contribution in [0.25, 0.3) is 0 Å². The molecule has 0 saturated carbocycles. The second-order valence-electron chi connectivity index (χ2n) is 4.90. The molecule has 2 N–H and O–H groups in total. The molecule has 0 heterocycles. The first-order chi connectivity index (χ1) is 8.63. The number of nitrogens with zero attached hydrogens (tertiary/aromatic N) is 1. The lowest BCUT2D eigenvalue weighted by atomic mass is 10.2. The van der Waals surface area contributed by atoms with Gasteiger partial charge in [-0.25, -0.2) is 0 Å². The maximum atomic E-state index is 5.70. The quantitative estimate of drug-likeness (QED) is 0.569. The van der Waals surface area contributed by atoms with E-state index in [2.05, 4.69) is 25.7 Å². The summed E-state index contributed by atoms with van der Waals surface area (Å²) in [5, 5.41) is 0. The molecule has 3 nitrogen and oxygen atoms in total. The maximum absolute atomic E-state index is 5.70. The number of benzene rings is 1. The normalized spacial score (nSPS) is 11.2. The van der Waals surface area contributed by atoms with Crippen LogP contribution in [0.4, 0.5) is 5.69 Å². The number of nitrogens with two attached hydrogens (primary N) is 1. The fourth-order valence-corrected chi connectivity index (χ4v) is 1.98. The van der Waals surface area contributed by atoms with Gasteiger partial charge in [-0.3, -0.25) is 0 Å². The Morgan fingerprint density at radius 1 is 1.28 bits per heavy atom. The van der Waals surface area contributed by atoms with E-state index in [1.165, 1.54) is 6.42 Å². The molecule has 1 rings (SSSR count). The molecule has 0 saturated heterocycles. The number of rotatable bonds is 8. The number of ether oxygens (including phenoxy) is 1. The van der Waals surface area contributed by atoms with Crippen LogP contribution in [-0.2, 0) is 0 Å². The standard InChI is InChI=1S/C15H26N2O/c1-4-9-17(13(2)3)10-6-11-18-15-8-5-7-14(16)12-15/h5,7-8,12-13H,4,6,9-11,16H2,1-3H3. The van der Waals surface area contributed by atoms with Crippen molar-refractivity contribution in [3.8, 4) is 5.75 Å². The Labute approximate surface area is 111 Å². The Bertz CT molecular complexity index is 339. The number of anilines is 1. The Morgan fingerprint density at radius 3 is 2.67 bits per heavy atom. The van der Waals surface area contributed by atoms with Gasteiger partial charge >= 0.3 is 0 Å². The molecule has 0 aliphatic carbocycles. The van der Waals surface area contributed by atoms with Crippen LogP contribution < -0.4 is 10.5 Å². The Morgan fingerprint density at radius 2 is 2.06 bits per heavy atom. The smallest absolute Gasteiger partial charge is 0.121 e. The third-order valence-corrected chi connectivity index (χ3v) is 2.96. The molecule has 0 spiro atoms. The summed E-state index contributed by atoms with van der Waals surface area (Å²) in [6, 6.07) is 8.21. The van der Waals surface area contributed by atoms with Crippen LogP contribution in [0.5, 0.6) is 5.75 Å². The van der Waals surface area contributed by atoms with E-state index in [0.717, 1.165) is 37.6 Å². The summed E-state index contributed by atoms with van der Waals surface area (Å²) in [6.07, 6.45) is 2.25. The lowest BCUT2D eigenvalue weighted by molar-refractivity contribution is 0.198. The highest BCUT2D eigenvalue weighted by Crippen LogP contribution is 2.14. The maximum Gasteiger partial charge on any atom is 0.121 e. The molecule has 0 unspecified atom stereocenters. The van der Waals surface area contributed by atoms with Gasteiger partial charge in [0.15, 0.2) is 0 Å². The predicted octanol–water partition coefficient (Wildman–Crippen LogP) is 3.16. The molecule has 0 amide bonds. The average molecular weight is 250 g/mol. The molecule has 3 heteroatoms. The molecular weight excluding hydrogens is 224 g/mol. The van der Waals surface area contributed by atoms with Crippen molar-refractivity contribution >= 4 is 5.69 Å². The minimum atomic E-state index is 0.609. The molecule has 102 valence electrons. The third kappa shape index (κ3) is 5.41. The Kier molecular flexibility index (Phi) is 6.58. The van der Waals surface area contributed by atoms with Crippen LogP contribution in [0.2, 0.25) is 0 Å². The average Bonchev–Trinajstić information content (AvgIpc) is 2.33. The minimum absolute atomic E-state index is 0.609. The van der Waals surface area contributed by atoms with Gasteiger partial charge in [0.2, 0.25) is 0 Å². The van der Waals surface area contributed by atoms with Gasteiger partial charge < -0.3 is 15.4 Å². The number of hydrogen-bond donors (Lipinski definition) is 1. The Balaban J connectivity index is 2.25. The number of hydrogen-bond acceptors (Lipinski definition) is 3. The summed E-state index contributed by atoms with van der Waals surface area (Å²) in [6.45, 7) is 9.71. The summed E-state index contributed by atoms with van der Waals surface area (Å²) in [7, 11) is 0. The van der Waals surface area contributed by atoms with Crippen molar-refractivity contribution in [2.75, 3.05) is 25.4 Å². The highest BCUT2D eigenvalue weighted by molar-refractivity contribution is 5.43. The van der Waals surface area contributed by atoms with Gasteiger partial charge in [-0.15, -0.1) is 0 Å². The Hall–Kier alpha value is -1.22. The van der Waals surface area contributed by atoms with Gasteiger partial charge in [-0.1, -0.05) is 13.0 Å². The zero-order valence-corrected chi connectivity index (χ0v) is 11.9.